The van der Waals surface area contributed by atoms with Crippen molar-refractivity contribution >= 4 is 40.2 Å². The number of aromatic nitrogens is 2. The van der Waals surface area contributed by atoms with E-state index in [0.717, 1.165) is 39.1 Å². The molecular formula is C30H24Cl2N2O3. The number of carboxylic acid groups (broad SMARTS) is 1. The zero-order chi connectivity index (χ0) is 26.1. The largest absolute Gasteiger partial charge is 0.489 e. The maximum atomic E-state index is 11.6. The molecule has 0 bridgehead atoms. The first-order valence-electron chi connectivity index (χ1n) is 11.8. The van der Waals surface area contributed by atoms with E-state index >= 15 is 0 Å². The van der Waals surface area contributed by atoms with E-state index in [-0.39, 0.29) is 12.2 Å². The van der Waals surface area contributed by atoms with Gasteiger partial charge in [-0.1, -0.05) is 71.7 Å². The van der Waals surface area contributed by atoms with Crippen molar-refractivity contribution in [2.24, 2.45) is 0 Å². The quantitative estimate of drug-likeness (QED) is 0.232. The van der Waals surface area contributed by atoms with Gasteiger partial charge in [-0.15, -0.1) is 0 Å². The van der Waals surface area contributed by atoms with Gasteiger partial charge in [0.2, 0.25) is 0 Å². The molecule has 4 aromatic carbocycles. The van der Waals surface area contributed by atoms with Gasteiger partial charge in [-0.3, -0.25) is 0 Å². The first-order chi connectivity index (χ1) is 17.8. The fraction of sp³-hybridized carbons (Fsp3) is 0.133. The van der Waals surface area contributed by atoms with E-state index in [4.69, 9.17) is 32.9 Å². The highest BCUT2D eigenvalue weighted by atomic mass is 35.5. The Hall–Kier alpha value is -3.80. The summed E-state index contributed by atoms with van der Waals surface area (Å²) in [7, 11) is 0. The van der Waals surface area contributed by atoms with Gasteiger partial charge in [0.05, 0.1) is 23.1 Å². The van der Waals surface area contributed by atoms with E-state index in [1.807, 2.05) is 56.3 Å². The molecule has 0 aliphatic rings. The van der Waals surface area contributed by atoms with Crippen molar-refractivity contribution in [1.82, 2.24) is 9.55 Å². The van der Waals surface area contributed by atoms with Crippen molar-refractivity contribution < 1.29 is 14.6 Å². The lowest BCUT2D eigenvalue weighted by Crippen LogP contribution is -2.07. The van der Waals surface area contributed by atoms with Crippen LogP contribution in [0.15, 0.2) is 78.9 Å². The Morgan fingerprint density at radius 1 is 0.919 bits per heavy atom. The lowest BCUT2D eigenvalue weighted by atomic mass is 10.0. The second kappa shape index (κ2) is 10.3. The summed E-state index contributed by atoms with van der Waals surface area (Å²) in [4.78, 5) is 16.4. The molecule has 1 heterocycles. The predicted molar refractivity (Wildman–Crippen MR) is 148 cm³/mol. The molecule has 1 aromatic heterocycles. The first-order valence-corrected chi connectivity index (χ1v) is 12.5. The molecule has 5 aromatic rings. The van der Waals surface area contributed by atoms with Crippen LogP contribution in [0.2, 0.25) is 10.0 Å². The third kappa shape index (κ3) is 5.06. The zero-order valence-electron chi connectivity index (χ0n) is 20.3. The number of nitrogens with zero attached hydrogens (tertiary/aromatic N) is 2. The molecule has 0 fully saturated rings. The molecular weight excluding hydrogens is 507 g/mol. The van der Waals surface area contributed by atoms with Gasteiger partial charge in [0, 0.05) is 21.7 Å². The lowest BCUT2D eigenvalue weighted by molar-refractivity contribution is 0.0694. The standard InChI is InChI=1S/C30H24Cl2N2O3/c1-18-13-23(37-17-25-24(30(35)36)9-6-10-26(25)31)15-28-29(18)33-19(2)34(28)16-22-12-11-21(14-27(22)32)20-7-4-3-5-8-20/h3-15H,16-17H2,1-2H3,(H,35,36). The lowest BCUT2D eigenvalue weighted by Gasteiger charge is -2.13. The maximum Gasteiger partial charge on any atom is 0.336 e. The van der Waals surface area contributed by atoms with Gasteiger partial charge in [0.15, 0.2) is 0 Å². The summed E-state index contributed by atoms with van der Waals surface area (Å²) in [6.07, 6.45) is 0. The number of benzene rings is 4. The van der Waals surface area contributed by atoms with Gasteiger partial charge in [-0.2, -0.15) is 0 Å². The van der Waals surface area contributed by atoms with E-state index in [0.29, 0.717) is 27.9 Å². The normalized spacial score (nSPS) is 11.1. The number of carbonyl (C=O) groups is 1. The Morgan fingerprint density at radius 2 is 1.70 bits per heavy atom. The van der Waals surface area contributed by atoms with Crippen LogP contribution in [0.25, 0.3) is 22.2 Å². The third-order valence-corrected chi connectivity index (χ3v) is 7.14. The Labute approximate surface area is 224 Å². The molecule has 37 heavy (non-hydrogen) atoms. The Balaban J connectivity index is 1.46. The highest BCUT2D eigenvalue weighted by molar-refractivity contribution is 6.32. The summed E-state index contributed by atoms with van der Waals surface area (Å²) in [5.74, 6) is 0.419. The molecule has 0 aliphatic heterocycles. The van der Waals surface area contributed by atoms with Gasteiger partial charge in [-0.25, -0.2) is 9.78 Å². The minimum absolute atomic E-state index is 0.0339. The molecule has 1 N–H and O–H groups in total. The molecule has 5 rings (SSSR count). The van der Waals surface area contributed by atoms with Crippen molar-refractivity contribution in [2.75, 3.05) is 0 Å². The molecule has 0 amide bonds. The average Bonchev–Trinajstić information content (AvgIpc) is 3.20. The molecule has 0 saturated heterocycles. The SMILES string of the molecule is Cc1cc(OCc2c(Cl)cccc2C(=O)O)cc2c1nc(C)n2Cc1ccc(-c2ccccc2)cc1Cl. The van der Waals surface area contributed by atoms with Crippen molar-refractivity contribution in [1.29, 1.82) is 0 Å². The van der Waals surface area contributed by atoms with Crippen LogP contribution in [0.4, 0.5) is 0 Å². The van der Waals surface area contributed by atoms with E-state index in [2.05, 4.69) is 22.8 Å². The van der Waals surface area contributed by atoms with Crippen LogP contribution >= 0.6 is 23.2 Å². The van der Waals surface area contributed by atoms with Gasteiger partial charge in [-0.05, 0) is 60.4 Å². The molecule has 0 aliphatic carbocycles. The van der Waals surface area contributed by atoms with Crippen molar-refractivity contribution in [3.8, 4) is 16.9 Å². The van der Waals surface area contributed by atoms with Crippen LogP contribution in [-0.2, 0) is 13.2 Å². The maximum absolute atomic E-state index is 11.6. The van der Waals surface area contributed by atoms with Crippen LogP contribution in [0.1, 0.15) is 32.9 Å². The van der Waals surface area contributed by atoms with Gasteiger partial charge < -0.3 is 14.4 Å². The minimum atomic E-state index is -1.04. The number of hydrogen-bond acceptors (Lipinski definition) is 3. The summed E-state index contributed by atoms with van der Waals surface area (Å²) in [6, 6.07) is 24.9. The van der Waals surface area contributed by atoms with Crippen LogP contribution in [0.5, 0.6) is 5.75 Å². The van der Waals surface area contributed by atoms with Crippen LogP contribution in [0.3, 0.4) is 0 Å². The number of ether oxygens (including phenoxy) is 1. The second-order valence-electron chi connectivity index (χ2n) is 8.89. The van der Waals surface area contributed by atoms with Gasteiger partial charge in [0.25, 0.3) is 0 Å². The summed E-state index contributed by atoms with van der Waals surface area (Å²) >= 11 is 13.0. The number of fused-ring (bicyclic) bond motifs is 1. The van der Waals surface area contributed by atoms with Crippen molar-refractivity contribution in [2.45, 2.75) is 27.0 Å². The number of aromatic carboxylic acids is 1. The highest BCUT2D eigenvalue weighted by Crippen LogP contribution is 2.31. The number of carboxylic acids is 1. The van der Waals surface area contributed by atoms with Crippen molar-refractivity contribution in [3.63, 3.8) is 0 Å². The average molecular weight is 531 g/mol. The third-order valence-electron chi connectivity index (χ3n) is 6.43. The fourth-order valence-electron chi connectivity index (χ4n) is 4.48. The molecule has 0 spiro atoms. The number of hydrogen-bond donors (Lipinski definition) is 1. The minimum Gasteiger partial charge on any atom is -0.489 e. The first kappa shape index (κ1) is 24.9. The number of halogens is 2. The predicted octanol–water partition coefficient (Wildman–Crippen LogP) is 7.95. The molecule has 7 heteroatoms. The summed E-state index contributed by atoms with van der Waals surface area (Å²) in [5.41, 5.74) is 6.46. The zero-order valence-corrected chi connectivity index (χ0v) is 21.8. The second-order valence-corrected chi connectivity index (χ2v) is 9.70. The highest BCUT2D eigenvalue weighted by Gasteiger charge is 2.16. The van der Waals surface area contributed by atoms with E-state index in [9.17, 15) is 9.90 Å². The summed E-state index contributed by atoms with van der Waals surface area (Å²) < 4.78 is 8.15. The summed E-state index contributed by atoms with van der Waals surface area (Å²) in [5, 5.41) is 10.6. The van der Waals surface area contributed by atoms with Crippen molar-refractivity contribution in [3.05, 3.63) is 117 Å². The molecule has 0 radical (unpaired) electrons. The number of imidazole rings is 1. The Bertz CT molecular complexity index is 1630. The molecule has 0 saturated carbocycles. The van der Waals surface area contributed by atoms with Gasteiger partial charge in [0.1, 0.15) is 18.2 Å². The van der Waals surface area contributed by atoms with Crippen LogP contribution < -0.4 is 4.74 Å². The number of aryl methyl sites for hydroxylation is 2. The fourth-order valence-corrected chi connectivity index (χ4v) is 4.95. The van der Waals surface area contributed by atoms with E-state index in [1.165, 1.54) is 6.07 Å². The number of rotatable bonds is 7. The molecule has 0 atom stereocenters. The monoisotopic (exact) mass is 530 g/mol. The smallest absolute Gasteiger partial charge is 0.336 e. The van der Waals surface area contributed by atoms with E-state index in [1.54, 1.807) is 12.1 Å². The summed E-state index contributed by atoms with van der Waals surface area (Å²) in [6.45, 7) is 4.53. The topological polar surface area (TPSA) is 64.3 Å². The molecule has 186 valence electrons. The van der Waals surface area contributed by atoms with Gasteiger partial charge >= 0.3 is 5.97 Å². The molecule has 5 nitrogen and oxygen atoms in total. The Kier molecular flexibility index (Phi) is 6.92. The van der Waals surface area contributed by atoms with E-state index < -0.39 is 5.97 Å². The van der Waals surface area contributed by atoms with Crippen LogP contribution in [0, 0.1) is 13.8 Å². The molecule has 0 unspecified atom stereocenters. The Morgan fingerprint density at radius 3 is 2.43 bits per heavy atom. The van der Waals surface area contributed by atoms with Crippen LogP contribution in [-0.4, -0.2) is 20.6 Å².